The maximum absolute atomic E-state index is 14.1. The maximum atomic E-state index is 14.1. The van der Waals surface area contributed by atoms with Crippen LogP contribution in [0.2, 0.25) is 0 Å². The summed E-state index contributed by atoms with van der Waals surface area (Å²) in [7, 11) is 1.63. The zero-order valence-electron chi connectivity index (χ0n) is 14.8. The van der Waals surface area contributed by atoms with Gasteiger partial charge in [-0.25, -0.2) is 13.2 Å². The largest absolute Gasteiger partial charge is 0.496 e. The third-order valence-electron chi connectivity index (χ3n) is 4.90. The van der Waals surface area contributed by atoms with Crippen LogP contribution in [-0.4, -0.2) is 13.4 Å². The molecule has 140 valence electrons. The number of rotatable bonds is 3. The van der Waals surface area contributed by atoms with Crippen molar-refractivity contribution in [2.24, 2.45) is 0 Å². The topological polar surface area (TPSA) is 18.5 Å². The number of hydrogen-bond donors (Lipinski definition) is 0. The predicted molar refractivity (Wildman–Crippen MR) is 100 cm³/mol. The molecule has 0 saturated heterocycles. The molecule has 0 saturated carbocycles. The summed E-state index contributed by atoms with van der Waals surface area (Å²) in [6, 6.07) is 9.30. The number of aryl methyl sites for hydroxylation is 1. The lowest BCUT2D eigenvalue weighted by atomic mass is 9.93. The molecule has 2 nitrogen and oxygen atoms in total. The number of benzene rings is 3. The molecule has 3 aromatic carbocycles. The molecule has 0 bridgehead atoms. The molecule has 0 fully saturated rings. The fraction of sp³-hybridized carbons (Fsp3) is 0.238. The highest BCUT2D eigenvalue weighted by Gasteiger charge is 2.27. The van der Waals surface area contributed by atoms with Gasteiger partial charge >= 0.3 is 0 Å². The minimum Gasteiger partial charge on any atom is -0.496 e. The minimum absolute atomic E-state index is 0.0370. The van der Waals surface area contributed by atoms with Gasteiger partial charge in [-0.1, -0.05) is 6.07 Å². The van der Waals surface area contributed by atoms with E-state index in [9.17, 15) is 13.2 Å². The van der Waals surface area contributed by atoms with Crippen LogP contribution in [0.3, 0.4) is 0 Å². The van der Waals surface area contributed by atoms with Crippen LogP contribution in [-0.2, 0) is 6.42 Å². The number of ether oxygens (including phenoxy) is 2. The second-order valence-corrected chi connectivity index (χ2v) is 7.25. The van der Waals surface area contributed by atoms with Gasteiger partial charge in [0.25, 0.3) is 0 Å². The van der Waals surface area contributed by atoms with Gasteiger partial charge in [0.1, 0.15) is 23.4 Å². The fourth-order valence-corrected chi connectivity index (χ4v) is 4.14. The van der Waals surface area contributed by atoms with E-state index in [2.05, 4.69) is 6.07 Å². The molecular weight excluding hydrogens is 373 g/mol. The summed E-state index contributed by atoms with van der Waals surface area (Å²) >= 11 is 1.61. The van der Waals surface area contributed by atoms with E-state index in [0.29, 0.717) is 24.7 Å². The van der Waals surface area contributed by atoms with Crippen LogP contribution in [0.5, 0.6) is 11.5 Å². The van der Waals surface area contributed by atoms with Gasteiger partial charge < -0.3 is 9.47 Å². The average molecular weight is 390 g/mol. The summed E-state index contributed by atoms with van der Waals surface area (Å²) in [6.07, 6.45) is 2.45. The number of thioether (sulfide) groups is 1. The Morgan fingerprint density at radius 1 is 1.04 bits per heavy atom. The average Bonchev–Trinajstić information content (AvgIpc) is 2.69. The summed E-state index contributed by atoms with van der Waals surface area (Å²) in [5.74, 6) is -1.66. The first-order chi connectivity index (χ1) is 13.0. The Balaban J connectivity index is 1.75. The molecule has 6 heteroatoms. The van der Waals surface area contributed by atoms with Crippen LogP contribution in [0.15, 0.2) is 41.3 Å². The van der Waals surface area contributed by atoms with Crippen LogP contribution >= 0.6 is 11.8 Å². The number of hydrogen-bond acceptors (Lipinski definition) is 3. The lowest BCUT2D eigenvalue weighted by molar-refractivity contribution is 0.172. The number of methoxy groups -OCH3 is 1. The highest BCUT2D eigenvalue weighted by atomic mass is 32.2. The van der Waals surface area contributed by atoms with Gasteiger partial charge in [-0.15, -0.1) is 11.8 Å². The SMILES string of the molecule is COc1cc2c3c(ccc2cc1SC)OC(c1cc(F)c(F)cc1F)CC3. The van der Waals surface area contributed by atoms with Crippen molar-refractivity contribution in [2.75, 3.05) is 13.4 Å². The highest BCUT2D eigenvalue weighted by Crippen LogP contribution is 2.42. The summed E-state index contributed by atoms with van der Waals surface area (Å²) in [6.45, 7) is 0. The van der Waals surface area contributed by atoms with Crippen LogP contribution in [0.25, 0.3) is 10.8 Å². The molecule has 4 rings (SSSR count). The standard InChI is InChI=1S/C21H17F3O2S/c1-25-20-9-13-11(7-21(20)27-2)3-5-18-12(13)4-6-19(26-18)14-8-16(23)17(24)10-15(14)22/h3,5,7-10,19H,4,6H2,1-2H3. The summed E-state index contributed by atoms with van der Waals surface area (Å²) in [5.41, 5.74) is 1.05. The molecule has 0 N–H and O–H groups in total. The maximum Gasteiger partial charge on any atom is 0.161 e. The van der Waals surface area contributed by atoms with Gasteiger partial charge in [0.05, 0.1) is 7.11 Å². The lowest BCUT2D eigenvalue weighted by Crippen LogP contribution is -2.17. The molecular formula is C21H17F3O2S. The van der Waals surface area contributed by atoms with E-state index in [1.807, 2.05) is 24.5 Å². The van der Waals surface area contributed by atoms with Gasteiger partial charge in [0, 0.05) is 22.1 Å². The van der Waals surface area contributed by atoms with E-state index in [-0.39, 0.29) is 5.56 Å². The van der Waals surface area contributed by atoms with E-state index in [1.165, 1.54) is 0 Å². The van der Waals surface area contributed by atoms with Crippen molar-refractivity contribution in [3.63, 3.8) is 0 Å². The molecule has 27 heavy (non-hydrogen) atoms. The van der Waals surface area contributed by atoms with E-state index in [4.69, 9.17) is 9.47 Å². The van der Waals surface area contributed by atoms with Crippen LogP contribution in [0, 0.1) is 17.5 Å². The van der Waals surface area contributed by atoms with Crippen molar-refractivity contribution >= 4 is 22.5 Å². The van der Waals surface area contributed by atoms with Gasteiger partial charge in [0.15, 0.2) is 11.6 Å². The number of fused-ring (bicyclic) bond motifs is 3. The molecule has 1 heterocycles. The molecule has 1 atom stereocenters. The Hall–Kier alpha value is -2.34. The van der Waals surface area contributed by atoms with Gasteiger partial charge in [0.2, 0.25) is 0 Å². The summed E-state index contributed by atoms with van der Waals surface area (Å²) < 4.78 is 52.3. The first-order valence-electron chi connectivity index (χ1n) is 8.50. The molecule has 1 aliphatic rings. The Morgan fingerprint density at radius 3 is 2.56 bits per heavy atom. The van der Waals surface area contributed by atoms with Crippen LogP contribution in [0.4, 0.5) is 13.2 Å². The molecule has 0 amide bonds. The Bertz CT molecular complexity index is 1040. The van der Waals surface area contributed by atoms with Crippen molar-refractivity contribution in [3.8, 4) is 11.5 Å². The zero-order valence-corrected chi connectivity index (χ0v) is 15.6. The first-order valence-corrected chi connectivity index (χ1v) is 9.73. The fourth-order valence-electron chi connectivity index (χ4n) is 3.55. The molecule has 0 radical (unpaired) electrons. The third kappa shape index (κ3) is 3.12. The number of halogens is 3. The monoisotopic (exact) mass is 390 g/mol. The third-order valence-corrected chi connectivity index (χ3v) is 5.66. The van der Waals surface area contributed by atoms with Gasteiger partial charge in [-0.3, -0.25) is 0 Å². The molecule has 0 aliphatic carbocycles. The predicted octanol–water partition coefficient (Wildman–Crippen LogP) is 6.05. The second-order valence-electron chi connectivity index (χ2n) is 6.40. The van der Waals surface area contributed by atoms with Gasteiger partial charge in [-0.2, -0.15) is 0 Å². The quantitative estimate of drug-likeness (QED) is 0.400. The molecule has 0 spiro atoms. The van der Waals surface area contributed by atoms with Gasteiger partial charge in [-0.05, 0) is 54.1 Å². The van der Waals surface area contributed by atoms with E-state index in [1.54, 1.807) is 18.9 Å². The second kappa shape index (κ2) is 7.00. The van der Waals surface area contributed by atoms with E-state index >= 15 is 0 Å². The van der Waals surface area contributed by atoms with Crippen LogP contribution in [0.1, 0.15) is 23.7 Å². The minimum atomic E-state index is -1.20. The summed E-state index contributed by atoms with van der Waals surface area (Å²) in [5, 5.41) is 2.09. The van der Waals surface area contributed by atoms with Crippen molar-refractivity contribution in [3.05, 3.63) is 65.0 Å². The molecule has 1 unspecified atom stereocenters. The Morgan fingerprint density at radius 2 is 1.81 bits per heavy atom. The van der Waals surface area contributed by atoms with Crippen molar-refractivity contribution in [1.29, 1.82) is 0 Å². The lowest BCUT2D eigenvalue weighted by Gasteiger charge is -2.28. The van der Waals surface area contributed by atoms with Crippen molar-refractivity contribution in [2.45, 2.75) is 23.8 Å². The zero-order chi connectivity index (χ0) is 19.1. The molecule has 0 aromatic heterocycles. The molecule has 3 aromatic rings. The Kier molecular flexibility index (Phi) is 4.68. The molecule has 1 aliphatic heterocycles. The van der Waals surface area contributed by atoms with Crippen molar-refractivity contribution < 1.29 is 22.6 Å². The smallest absolute Gasteiger partial charge is 0.161 e. The normalized spacial score (nSPS) is 16.1. The van der Waals surface area contributed by atoms with Crippen LogP contribution < -0.4 is 9.47 Å². The summed E-state index contributed by atoms with van der Waals surface area (Å²) in [4.78, 5) is 1.04. The first kappa shape index (κ1) is 18.0. The Labute approximate surface area is 159 Å². The van der Waals surface area contributed by atoms with E-state index < -0.39 is 23.6 Å². The van der Waals surface area contributed by atoms with E-state index in [0.717, 1.165) is 33.0 Å². The van der Waals surface area contributed by atoms with Crippen molar-refractivity contribution in [1.82, 2.24) is 0 Å². The highest BCUT2D eigenvalue weighted by molar-refractivity contribution is 7.98.